The van der Waals surface area contributed by atoms with Crippen LogP contribution in [0.3, 0.4) is 0 Å². The number of amides is 1. The van der Waals surface area contributed by atoms with Crippen molar-refractivity contribution in [2.45, 2.75) is 19.3 Å². The number of carboxylic acid groups (broad SMARTS) is 1. The van der Waals surface area contributed by atoms with Crippen LogP contribution in [0.2, 0.25) is 0 Å². The normalized spacial score (nSPS) is 25.7. The molecule has 7 heteroatoms. The first-order valence-electron chi connectivity index (χ1n) is 8.00. The van der Waals surface area contributed by atoms with E-state index >= 15 is 0 Å². The van der Waals surface area contributed by atoms with Gasteiger partial charge < -0.3 is 14.5 Å². The minimum atomic E-state index is -0.795. The monoisotopic (exact) mass is 327 g/mol. The number of rotatable bonds is 3. The molecule has 0 unspecified atom stereocenters. The predicted molar refractivity (Wildman–Crippen MR) is 83.0 cm³/mol. The standard InChI is InChI=1S/C17H17N3O4/c21-15(13-7-14(24-19-13)11-3-2-6-18-8-11)20-9-12-4-1-5-17(12,10-20)16(22)23/h2-3,6-8,12H,1,4-5,9-10H2,(H,22,23)/t12-,17+/m0/s1. The number of hydrogen-bond donors (Lipinski definition) is 1. The van der Waals surface area contributed by atoms with Gasteiger partial charge in [-0.15, -0.1) is 0 Å². The molecule has 0 bridgehead atoms. The summed E-state index contributed by atoms with van der Waals surface area (Å²) in [5, 5.41) is 13.5. The first-order chi connectivity index (χ1) is 11.6. The molecule has 7 nitrogen and oxygen atoms in total. The Morgan fingerprint density at radius 2 is 2.29 bits per heavy atom. The van der Waals surface area contributed by atoms with E-state index in [0.717, 1.165) is 18.4 Å². The van der Waals surface area contributed by atoms with Gasteiger partial charge in [0.2, 0.25) is 0 Å². The zero-order valence-corrected chi connectivity index (χ0v) is 13.0. The molecule has 2 atom stereocenters. The average molecular weight is 327 g/mol. The van der Waals surface area contributed by atoms with Crippen LogP contribution in [0.4, 0.5) is 0 Å². The van der Waals surface area contributed by atoms with Crippen LogP contribution < -0.4 is 0 Å². The van der Waals surface area contributed by atoms with Gasteiger partial charge in [-0.1, -0.05) is 11.6 Å². The molecule has 24 heavy (non-hydrogen) atoms. The van der Waals surface area contributed by atoms with E-state index in [4.69, 9.17) is 4.52 Å². The Balaban J connectivity index is 1.55. The maximum atomic E-state index is 12.7. The fourth-order valence-corrected chi connectivity index (χ4v) is 3.98. The quantitative estimate of drug-likeness (QED) is 0.927. The lowest BCUT2D eigenvalue weighted by Crippen LogP contribution is -2.37. The molecule has 1 aliphatic carbocycles. The summed E-state index contributed by atoms with van der Waals surface area (Å²) in [7, 11) is 0. The second kappa shape index (κ2) is 5.43. The molecule has 0 spiro atoms. The fourth-order valence-electron chi connectivity index (χ4n) is 3.98. The van der Waals surface area contributed by atoms with Crippen molar-refractivity contribution in [2.24, 2.45) is 11.3 Å². The maximum absolute atomic E-state index is 12.7. The second-order valence-corrected chi connectivity index (χ2v) is 6.55. The zero-order chi connectivity index (χ0) is 16.7. The molecule has 1 amide bonds. The van der Waals surface area contributed by atoms with Crippen LogP contribution in [0.1, 0.15) is 29.8 Å². The molecule has 2 fully saturated rings. The van der Waals surface area contributed by atoms with Gasteiger partial charge in [-0.05, 0) is 30.9 Å². The number of aliphatic carboxylic acids is 1. The van der Waals surface area contributed by atoms with Crippen molar-refractivity contribution >= 4 is 11.9 Å². The van der Waals surface area contributed by atoms with Crippen LogP contribution in [0.15, 0.2) is 35.1 Å². The molecular weight excluding hydrogens is 310 g/mol. The molecular formula is C17H17N3O4. The lowest BCUT2D eigenvalue weighted by atomic mass is 9.81. The van der Waals surface area contributed by atoms with Gasteiger partial charge in [-0.3, -0.25) is 14.6 Å². The van der Waals surface area contributed by atoms with E-state index in [1.807, 2.05) is 6.07 Å². The first kappa shape index (κ1) is 14.9. The van der Waals surface area contributed by atoms with Gasteiger partial charge in [0.15, 0.2) is 11.5 Å². The van der Waals surface area contributed by atoms with E-state index in [1.54, 1.807) is 29.4 Å². The molecule has 2 aromatic heterocycles. The predicted octanol–water partition coefficient (Wildman–Crippen LogP) is 2.06. The number of carboxylic acids is 1. The van der Waals surface area contributed by atoms with Crippen molar-refractivity contribution in [2.75, 3.05) is 13.1 Å². The largest absolute Gasteiger partial charge is 0.481 e. The van der Waals surface area contributed by atoms with Crippen LogP contribution in [0.5, 0.6) is 0 Å². The van der Waals surface area contributed by atoms with E-state index in [1.165, 1.54) is 0 Å². The number of hydrogen-bond acceptors (Lipinski definition) is 5. The number of fused-ring (bicyclic) bond motifs is 1. The number of pyridine rings is 1. The van der Waals surface area contributed by atoms with Crippen LogP contribution >= 0.6 is 0 Å². The van der Waals surface area contributed by atoms with Gasteiger partial charge >= 0.3 is 5.97 Å². The molecule has 0 radical (unpaired) electrons. The van der Waals surface area contributed by atoms with E-state index in [-0.39, 0.29) is 24.1 Å². The molecule has 2 aliphatic rings. The smallest absolute Gasteiger partial charge is 0.311 e. The number of aromatic nitrogens is 2. The van der Waals surface area contributed by atoms with Crippen LogP contribution in [0.25, 0.3) is 11.3 Å². The Hall–Kier alpha value is -2.70. The number of carbonyl (C=O) groups excluding carboxylic acids is 1. The highest BCUT2D eigenvalue weighted by Crippen LogP contribution is 2.49. The van der Waals surface area contributed by atoms with Crippen molar-refractivity contribution in [1.29, 1.82) is 0 Å². The summed E-state index contributed by atoms with van der Waals surface area (Å²) >= 11 is 0. The summed E-state index contributed by atoms with van der Waals surface area (Å²) in [5.41, 5.74) is 0.157. The minimum Gasteiger partial charge on any atom is -0.481 e. The van der Waals surface area contributed by atoms with Crippen molar-refractivity contribution < 1.29 is 19.2 Å². The molecule has 2 aromatic rings. The molecule has 3 heterocycles. The lowest BCUT2D eigenvalue weighted by Gasteiger charge is -2.22. The molecule has 1 saturated carbocycles. The van der Waals surface area contributed by atoms with E-state index in [0.29, 0.717) is 18.7 Å². The molecule has 1 aliphatic heterocycles. The first-order valence-corrected chi connectivity index (χ1v) is 8.00. The highest BCUT2D eigenvalue weighted by Gasteiger charge is 2.56. The highest BCUT2D eigenvalue weighted by molar-refractivity contribution is 5.94. The number of nitrogens with zero attached hydrogens (tertiary/aromatic N) is 3. The Kier molecular flexibility index (Phi) is 3.37. The Morgan fingerprint density at radius 1 is 1.42 bits per heavy atom. The van der Waals surface area contributed by atoms with Crippen LogP contribution in [-0.2, 0) is 4.79 Å². The van der Waals surface area contributed by atoms with Gasteiger partial charge in [0, 0.05) is 37.1 Å². The third kappa shape index (κ3) is 2.19. The summed E-state index contributed by atoms with van der Waals surface area (Å²) < 4.78 is 5.24. The molecule has 4 rings (SSSR count). The van der Waals surface area contributed by atoms with Gasteiger partial charge in [0.05, 0.1) is 5.41 Å². The van der Waals surface area contributed by atoms with Crippen LogP contribution in [0, 0.1) is 11.3 Å². The van der Waals surface area contributed by atoms with E-state index < -0.39 is 11.4 Å². The van der Waals surface area contributed by atoms with Gasteiger partial charge in [0.25, 0.3) is 5.91 Å². The maximum Gasteiger partial charge on any atom is 0.311 e. The van der Waals surface area contributed by atoms with E-state index in [2.05, 4.69) is 10.1 Å². The Morgan fingerprint density at radius 3 is 3.00 bits per heavy atom. The van der Waals surface area contributed by atoms with Gasteiger partial charge in [0.1, 0.15) is 0 Å². The Labute approximate surface area is 138 Å². The van der Waals surface area contributed by atoms with Gasteiger partial charge in [-0.25, -0.2) is 0 Å². The van der Waals surface area contributed by atoms with Crippen molar-refractivity contribution in [1.82, 2.24) is 15.0 Å². The van der Waals surface area contributed by atoms with Crippen molar-refractivity contribution in [3.05, 3.63) is 36.3 Å². The average Bonchev–Trinajstić information content (AvgIpc) is 3.29. The van der Waals surface area contributed by atoms with Crippen molar-refractivity contribution in [3.8, 4) is 11.3 Å². The molecule has 1 saturated heterocycles. The third-order valence-electron chi connectivity index (χ3n) is 5.26. The second-order valence-electron chi connectivity index (χ2n) is 6.55. The highest BCUT2D eigenvalue weighted by atomic mass is 16.5. The van der Waals surface area contributed by atoms with Crippen LogP contribution in [-0.4, -0.2) is 45.1 Å². The summed E-state index contributed by atoms with van der Waals surface area (Å²) in [6.07, 6.45) is 5.69. The number of likely N-dealkylation sites (tertiary alicyclic amines) is 1. The SMILES string of the molecule is O=C(c1cc(-c2cccnc2)on1)N1C[C@@H]2CCC[C@@]2(C(=O)O)C1. The summed E-state index contributed by atoms with van der Waals surface area (Å²) in [6.45, 7) is 0.723. The number of carbonyl (C=O) groups is 2. The molecule has 0 aromatic carbocycles. The summed E-state index contributed by atoms with van der Waals surface area (Å²) in [6, 6.07) is 5.18. The third-order valence-corrected chi connectivity index (χ3v) is 5.26. The van der Waals surface area contributed by atoms with Crippen molar-refractivity contribution in [3.63, 3.8) is 0 Å². The topological polar surface area (TPSA) is 96.5 Å². The zero-order valence-electron chi connectivity index (χ0n) is 13.0. The minimum absolute atomic E-state index is 0.0312. The molecule has 124 valence electrons. The molecule has 1 N–H and O–H groups in total. The summed E-state index contributed by atoms with van der Waals surface area (Å²) in [5.74, 6) is -0.567. The van der Waals surface area contributed by atoms with Gasteiger partial charge in [-0.2, -0.15) is 0 Å². The summed E-state index contributed by atoms with van der Waals surface area (Å²) in [4.78, 5) is 30.0. The van der Waals surface area contributed by atoms with E-state index in [9.17, 15) is 14.7 Å². The fraction of sp³-hybridized carbons (Fsp3) is 0.412. The lowest BCUT2D eigenvalue weighted by molar-refractivity contribution is -0.149. The Bertz CT molecular complexity index is 788.